The van der Waals surface area contributed by atoms with Crippen LogP contribution in [0.25, 0.3) is 0 Å². The van der Waals surface area contributed by atoms with Crippen molar-refractivity contribution in [3.05, 3.63) is 0 Å². The van der Waals surface area contributed by atoms with E-state index in [9.17, 15) is 0 Å². The fourth-order valence-electron chi connectivity index (χ4n) is 2.09. The van der Waals surface area contributed by atoms with Crippen LogP contribution in [0.1, 0.15) is 20.3 Å². The molecule has 0 spiro atoms. The van der Waals surface area contributed by atoms with Gasteiger partial charge in [0.1, 0.15) is 0 Å². The summed E-state index contributed by atoms with van der Waals surface area (Å²) in [6.45, 7) is 8.54. The van der Waals surface area contributed by atoms with Gasteiger partial charge in [-0.15, -0.1) is 17.0 Å². The monoisotopic (exact) mass is 299 g/mol. The smallest absolute Gasteiger partial charge is 0.0159 e. The summed E-state index contributed by atoms with van der Waals surface area (Å²) in [4.78, 5) is 2.56. The number of alkyl halides is 1. The second kappa shape index (κ2) is 6.39. The number of rotatable bonds is 2. The van der Waals surface area contributed by atoms with Gasteiger partial charge in [-0.2, -0.15) is 0 Å². The summed E-state index contributed by atoms with van der Waals surface area (Å²) < 4.78 is 0. The Morgan fingerprint density at radius 2 is 1.75 bits per heavy atom. The van der Waals surface area contributed by atoms with Crippen molar-refractivity contribution >= 4 is 32.9 Å². The van der Waals surface area contributed by atoms with Crippen LogP contribution >= 0.6 is 32.9 Å². The topological polar surface area (TPSA) is 3.24 Å². The van der Waals surface area contributed by atoms with Gasteiger partial charge < -0.3 is 4.90 Å². The van der Waals surface area contributed by atoms with E-state index >= 15 is 0 Å². The summed E-state index contributed by atoms with van der Waals surface area (Å²) in [6, 6.07) is 0. The molecule has 0 aromatic heterocycles. The largest absolute Gasteiger partial charge is 0.302 e. The van der Waals surface area contributed by atoms with Crippen LogP contribution in [0.4, 0.5) is 0 Å². The molecule has 0 aliphatic carbocycles. The Balaban J connectivity index is 0.00000121. The van der Waals surface area contributed by atoms with Crippen LogP contribution in [0.2, 0.25) is 0 Å². The minimum absolute atomic E-state index is 0. The second-order valence-corrected chi connectivity index (χ2v) is 4.69. The molecule has 0 aromatic rings. The highest BCUT2D eigenvalue weighted by Gasteiger charge is 2.20. The fraction of sp³-hybridized carbons (Fsp3) is 1.00. The van der Waals surface area contributed by atoms with Crippen molar-refractivity contribution < 1.29 is 0 Å². The van der Waals surface area contributed by atoms with Crippen molar-refractivity contribution in [3.8, 4) is 0 Å². The first-order chi connectivity index (χ1) is 5.22. The zero-order chi connectivity index (χ0) is 8.27. The molecule has 1 heterocycles. The number of hydrogen-bond donors (Lipinski definition) is 0. The van der Waals surface area contributed by atoms with Gasteiger partial charge in [-0.05, 0) is 18.3 Å². The molecule has 1 aliphatic rings. The van der Waals surface area contributed by atoms with E-state index in [0.717, 1.165) is 17.2 Å². The summed E-state index contributed by atoms with van der Waals surface area (Å²) in [5, 5.41) is 1.12. The number of halogens is 2. The van der Waals surface area contributed by atoms with Gasteiger partial charge in [-0.25, -0.2) is 0 Å². The summed E-state index contributed by atoms with van der Waals surface area (Å²) in [7, 11) is 0. The van der Waals surface area contributed by atoms with E-state index in [1.165, 1.54) is 26.1 Å². The minimum atomic E-state index is 0. The number of piperidine rings is 1. The number of hydrogen-bond acceptors (Lipinski definition) is 1. The van der Waals surface area contributed by atoms with Gasteiger partial charge in [0.2, 0.25) is 0 Å². The molecule has 12 heavy (non-hydrogen) atoms. The summed E-state index contributed by atoms with van der Waals surface area (Å²) in [5.74, 6) is 1.80. The van der Waals surface area contributed by atoms with Crippen molar-refractivity contribution in [3.63, 3.8) is 0 Å². The molecule has 0 aromatic carbocycles. The molecular weight excluding hydrogens is 282 g/mol. The number of likely N-dealkylation sites (tertiary alicyclic amines) is 1. The van der Waals surface area contributed by atoms with Gasteiger partial charge in [-0.3, -0.25) is 0 Å². The Hall–Kier alpha value is 0.920. The summed E-state index contributed by atoms with van der Waals surface area (Å²) >= 11 is 3.48. The van der Waals surface area contributed by atoms with Crippen LogP contribution in [0.3, 0.4) is 0 Å². The third kappa shape index (κ3) is 4.24. The Morgan fingerprint density at radius 1 is 1.25 bits per heavy atom. The van der Waals surface area contributed by atoms with Crippen molar-refractivity contribution in [2.45, 2.75) is 20.3 Å². The lowest BCUT2D eigenvalue weighted by atomic mass is 9.92. The molecule has 0 bridgehead atoms. The van der Waals surface area contributed by atoms with E-state index in [4.69, 9.17) is 0 Å². The molecule has 0 saturated carbocycles. The van der Waals surface area contributed by atoms with E-state index in [1.54, 1.807) is 0 Å². The van der Waals surface area contributed by atoms with Crippen LogP contribution in [-0.4, -0.2) is 29.9 Å². The first-order valence-corrected chi connectivity index (χ1v) is 5.63. The van der Waals surface area contributed by atoms with Gasteiger partial charge in [0, 0.05) is 25.0 Å². The normalized spacial score (nSPS) is 31.2. The van der Waals surface area contributed by atoms with Gasteiger partial charge in [0.05, 0.1) is 0 Å². The Bertz CT molecular complexity index is 109. The Labute approximate surface area is 94.8 Å². The lowest BCUT2D eigenvalue weighted by molar-refractivity contribution is 0.149. The van der Waals surface area contributed by atoms with E-state index in [2.05, 4.69) is 34.7 Å². The molecular formula is C9H19Br2N. The average Bonchev–Trinajstić information content (AvgIpc) is 1.85. The molecule has 2 atom stereocenters. The molecule has 74 valence electrons. The van der Waals surface area contributed by atoms with Crippen molar-refractivity contribution in [2.75, 3.05) is 25.0 Å². The van der Waals surface area contributed by atoms with E-state index in [0.29, 0.717) is 0 Å². The quantitative estimate of drug-likeness (QED) is 0.709. The predicted octanol–water partition coefficient (Wildman–Crippen LogP) is 2.94. The van der Waals surface area contributed by atoms with Crippen molar-refractivity contribution in [1.29, 1.82) is 0 Å². The van der Waals surface area contributed by atoms with Gasteiger partial charge in [-0.1, -0.05) is 29.8 Å². The first-order valence-electron chi connectivity index (χ1n) is 4.50. The average molecular weight is 301 g/mol. The Kier molecular flexibility index (Phi) is 6.87. The van der Waals surface area contributed by atoms with E-state index in [-0.39, 0.29) is 17.0 Å². The van der Waals surface area contributed by atoms with Crippen LogP contribution in [0.15, 0.2) is 0 Å². The molecule has 0 N–H and O–H groups in total. The fourth-order valence-corrected chi connectivity index (χ4v) is 2.60. The highest BCUT2D eigenvalue weighted by Crippen LogP contribution is 2.20. The molecule has 1 aliphatic heterocycles. The molecule has 3 heteroatoms. The third-order valence-electron chi connectivity index (χ3n) is 2.35. The van der Waals surface area contributed by atoms with Crippen molar-refractivity contribution in [1.82, 2.24) is 4.90 Å². The molecule has 1 fully saturated rings. The van der Waals surface area contributed by atoms with Crippen LogP contribution < -0.4 is 0 Å². The van der Waals surface area contributed by atoms with E-state index < -0.39 is 0 Å². The minimum Gasteiger partial charge on any atom is -0.302 e. The standard InChI is InChI=1S/C9H18BrN.BrH/c1-8-5-9(2)7-11(6-8)4-3-10;/h8-9H,3-7H2,1-2H3;1H. The zero-order valence-electron chi connectivity index (χ0n) is 7.92. The molecule has 2 unspecified atom stereocenters. The lowest BCUT2D eigenvalue weighted by Crippen LogP contribution is -2.39. The van der Waals surface area contributed by atoms with Crippen molar-refractivity contribution in [2.24, 2.45) is 11.8 Å². The number of nitrogens with zero attached hydrogens (tertiary/aromatic N) is 1. The predicted molar refractivity (Wildman–Crippen MR) is 63.5 cm³/mol. The van der Waals surface area contributed by atoms with Gasteiger partial charge >= 0.3 is 0 Å². The Morgan fingerprint density at radius 3 is 2.17 bits per heavy atom. The maximum atomic E-state index is 3.48. The van der Waals surface area contributed by atoms with Crippen LogP contribution in [-0.2, 0) is 0 Å². The zero-order valence-corrected chi connectivity index (χ0v) is 11.2. The maximum absolute atomic E-state index is 3.48. The lowest BCUT2D eigenvalue weighted by Gasteiger charge is -2.34. The molecule has 0 radical (unpaired) electrons. The maximum Gasteiger partial charge on any atom is 0.0159 e. The van der Waals surface area contributed by atoms with Crippen LogP contribution in [0, 0.1) is 11.8 Å². The third-order valence-corrected chi connectivity index (χ3v) is 2.70. The van der Waals surface area contributed by atoms with Gasteiger partial charge in [0.15, 0.2) is 0 Å². The molecule has 1 nitrogen and oxygen atoms in total. The first kappa shape index (κ1) is 12.9. The SMILES string of the molecule is Br.CC1CC(C)CN(CCBr)C1. The van der Waals surface area contributed by atoms with Crippen LogP contribution in [0.5, 0.6) is 0 Å². The van der Waals surface area contributed by atoms with E-state index in [1.807, 2.05) is 0 Å². The molecule has 0 amide bonds. The molecule has 1 rings (SSSR count). The summed E-state index contributed by atoms with van der Waals surface area (Å²) in [6.07, 6.45) is 1.42. The highest BCUT2D eigenvalue weighted by atomic mass is 79.9. The van der Waals surface area contributed by atoms with Gasteiger partial charge in [0.25, 0.3) is 0 Å². The highest BCUT2D eigenvalue weighted by molar-refractivity contribution is 9.09. The molecule has 1 saturated heterocycles. The summed E-state index contributed by atoms with van der Waals surface area (Å²) in [5.41, 5.74) is 0. The second-order valence-electron chi connectivity index (χ2n) is 3.89.